The summed E-state index contributed by atoms with van der Waals surface area (Å²) in [7, 11) is 0. The zero-order valence-electron chi connectivity index (χ0n) is 13.7. The van der Waals surface area contributed by atoms with Crippen LogP contribution < -0.4 is 4.74 Å². The number of nitriles is 1. The molecule has 1 saturated carbocycles. The van der Waals surface area contributed by atoms with Crippen molar-refractivity contribution < 1.29 is 9.53 Å². The van der Waals surface area contributed by atoms with Gasteiger partial charge in [-0.3, -0.25) is 4.79 Å². The third kappa shape index (κ3) is 4.23. The molecular weight excluding hydrogens is 298 g/mol. The Morgan fingerprint density at radius 1 is 1.00 bits per heavy atom. The fourth-order valence-electron chi connectivity index (χ4n) is 3.26. The van der Waals surface area contributed by atoms with E-state index in [0.29, 0.717) is 23.7 Å². The summed E-state index contributed by atoms with van der Waals surface area (Å²) in [5.74, 6) is 1.15. The molecule has 0 atom stereocenters. The Bertz CT molecular complexity index is 720. The second-order valence-electron chi connectivity index (χ2n) is 6.38. The standard InChI is InChI=1S/C21H21NO2/c22-15-17-5-8-18(9-6-17)19-10-12-20(13-11-19)24-21(23)14-7-16-3-1-2-4-16/h5-6,8-13,16H,1-4,7,14H2. The average Bonchev–Trinajstić information content (AvgIpc) is 3.14. The highest BCUT2D eigenvalue weighted by Crippen LogP contribution is 2.29. The number of hydrogen-bond acceptors (Lipinski definition) is 3. The molecule has 0 heterocycles. The Balaban J connectivity index is 1.55. The predicted molar refractivity (Wildman–Crippen MR) is 93.4 cm³/mol. The van der Waals surface area contributed by atoms with Gasteiger partial charge in [-0.25, -0.2) is 0 Å². The van der Waals surface area contributed by atoms with E-state index >= 15 is 0 Å². The summed E-state index contributed by atoms with van der Waals surface area (Å²) in [6.07, 6.45) is 6.57. The third-order valence-corrected chi connectivity index (χ3v) is 4.66. The number of nitrogens with zero attached hydrogens (tertiary/aromatic N) is 1. The molecule has 0 bridgehead atoms. The molecule has 3 nitrogen and oxygen atoms in total. The van der Waals surface area contributed by atoms with E-state index in [9.17, 15) is 4.79 Å². The molecule has 2 aromatic rings. The number of carbonyl (C=O) groups excluding carboxylic acids is 1. The lowest BCUT2D eigenvalue weighted by Crippen LogP contribution is -2.09. The highest BCUT2D eigenvalue weighted by Gasteiger charge is 2.16. The third-order valence-electron chi connectivity index (χ3n) is 4.66. The summed E-state index contributed by atoms with van der Waals surface area (Å²) >= 11 is 0. The lowest BCUT2D eigenvalue weighted by atomic mass is 10.0. The quantitative estimate of drug-likeness (QED) is 0.569. The molecule has 0 radical (unpaired) electrons. The molecule has 0 aromatic heterocycles. The molecule has 0 aliphatic heterocycles. The van der Waals surface area contributed by atoms with Gasteiger partial charge in [-0.1, -0.05) is 49.9 Å². The molecule has 0 saturated heterocycles. The van der Waals surface area contributed by atoms with Crippen LogP contribution in [-0.2, 0) is 4.79 Å². The minimum Gasteiger partial charge on any atom is -0.427 e. The molecule has 0 unspecified atom stereocenters. The Morgan fingerprint density at radius 2 is 1.58 bits per heavy atom. The van der Waals surface area contributed by atoms with Crippen LogP contribution in [0.25, 0.3) is 11.1 Å². The first-order chi connectivity index (χ1) is 11.7. The average molecular weight is 319 g/mol. The van der Waals surface area contributed by atoms with Crippen LogP contribution in [0.3, 0.4) is 0 Å². The molecule has 1 aliphatic carbocycles. The monoisotopic (exact) mass is 319 g/mol. The van der Waals surface area contributed by atoms with Crippen molar-refractivity contribution in [3.05, 3.63) is 54.1 Å². The molecular formula is C21H21NO2. The molecule has 1 fully saturated rings. The van der Waals surface area contributed by atoms with Gasteiger partial charge in [0, 0.05) is 6.42 Å². The van der Waals surface area contributed by atoms with E-state index in [4.69, 9.17) is 10.00 Å². The summed E-state index contributed by atoms with van der Waals surface area (Å²) in [4.78, 5) is 11.9. The highest BCUT2D eigenvalue weighted by atomic mass is 16.5. The Morgan fingerprint density at radius 3 is 2.17 bits per heavy atom. The van der Waals surface area contributed by atoms with E-state index in [1.165, 1.54) is 25.7 Å². The van der Waals surface area contributed by atoms with Crippen LogP contribution >= 0.6 is 0 Å². The summed E-state index contributed by atoms with van der Waals surface area (Å²) < 4.78 is 5.42. The van der Waals surface area contributed by atoms with E-state index in [1.807, 2.05) is 36.4 Å². The minimum absolute atomic E-state index is 0.145. The number of ether oxygens (including phenoxy) is 1. The SMILES string of the molecule is N#Cc1ccc(-c2ccc(OC(=O)CCC3CCCC3)cc2)cc1. The van der Waals surface area contributed by atoms with Crippen LogP contribution in [0.15, 0.2) is 48.5 Å². The number of rotatable bonds is 5. The van der Waals surface area contributed by atoms with Gasteiger partial charge < -0.3 is 4.74 Å². The summed E-state index contributed by atoms with van der Waals surface area (Å²) in [6.45, 7) is 0. The normalized spacial score (nSPS) is 14.3. The van der Waals surface area contributed by atoms with Crippen molar-refractivity contribution in [2.45, 2.75) is 38.5 Å². The lowest BCUT2D eigenvalue weighted by Gasteiger charge is -2.09. The van der Waals surface area contributed by atoms with Crippen LogP contribution in [0.5, 0.6) is 5.75 Å². The van der Waals surface area contributed by atoms with Crippen molar-refractivity contribution in [1.82, 2.24) is 0 Å². The lowest BCUT2D eigenvalue weighted by molar-refractivity contribution is -0.134. The van der Waals surface area contributed by atoms with Crippen molar-refractivity contribution in [2.75, 3.05) is 0 Å². The Kier molecular flexibility index (Phi) is 5.28. The maximum absolute atomic E-state index is 11.9. The summed E-state index contributed by atoms with van der Waals surface area (Å²) in [6, 6.07) is 17.0. The van der Waals surface area contributed by atoms with Gasteiger partial charge in [-0.05, 0) is 47.7 Å². The smallest absolute Gasteiger partial charge is 0.311 e. The molecule has 0 spiro atoms. The fraction of sp³-hybridized carbons (Fsp3) is 0.333. The van der Waals surface area contributed by atoms with Gasteiger partial charge in [0.1, 0.15) is 5.75 Å². The molecule has 3 heteroatoms. The van der Waals surface area contributed by atoms with E-state index in [2.05, 4.69) is 6.07 Å². The van der Waals surface area contributed by atoms with E-state index in [-0.39, 0.29) is 5.97 Å². The van der Waals surface area contributed by atoms with Gasteiger partial charge >= 0.3 is 5.97 Å². The van der Waals surface area contributed by atoms with Gasteiger partial charge in [0.25, 0.3) is 0 Å². The first-order valence-corrected chi connectivity index (χ1v) is 8.56. The molecule has 3 rings (SSSR count). The van der Waals surface area contributed by atoms with Crippen molar-refractivity contribution in [2.24, 2.45) is 5.92 Å². The van der Waals surface area contributed by atoms with Crippen LogP contribution in [-0.4, -0.2) is 5.97 Å². The minimum atomic E-state index is -0.145. The van der Waals surface area contributed by atoms with Crippen molar-refractivity contribution >= 4 is 5.97 Å². The van der Waals surface area contributed by atoms with Gasteiger partial charge in [0.05, 0.1) is 11.6 Å². The summed E-state index contributed by atoms with van der Waals surface area (Å²) in [5.41, 5.74) is 2.71. The summed E-state index contributed by atoms with van der Waals surface area (Å²) in [5, 5.41) is 8.83. The zero-order chi connectivity index (χ0) is 16.8. The maximum Gasteiger partial charge on any atom is 0.311 e. The molecule has 0 amide bonds. The van der Waals surface area contributed by atoms with Gasteiger partial charge in [-0.2, -0.15) is 5.26 Å². The Hall–Kier alpha value is -2.60. The van der Waals surface area contributed by atoms with Crippen LogP contribution in [0.2, 0.25) is 0 Å². The van der Waals surface area contributed by atoms with Crippen molar-refractivity contribution in [3.63, 3.8) is 0 Å². The Labute approximate surface area is 142 Å². The fourth-order valence-corrected chi connectivity index (χ4v) is 3.26. The molecule has 2 aromatic carbocycles. The van der Waals surface area contributed by atoms with Gasteiger partial charge in [0.15, 0.2) is 0 Å². The van der Waals surface area contributed by atoms with Crippen LogP contribution in [0, 0.1) is 17.2 Å². The highest BCUT2D eigenvalue weighted by molar-refractivity contribution is 5.73. The number of hydrogen-bond donors (Lipinski definition) is 0. The molecule has 122 valence electrons. The van der Waals surface area contributed by atoms with Gasteiger partial charge in [-0.15, -0.1) is 0 Å². The topological polar surface area (TPSA) is 50.1 Å². The second kappa shape index (κ2) is 7.79. The largest absolute Gasteiger partial charge is 0.427 e. The van der Waals surface area contributed by atoms with Crippen molar-refractivity contribution in [1.29, 1.82) is 5.26 Å². The van der Waals surface area contributed by atoms with Crippen LogP contribution in [0.4, 0.5) is 0 Å². The van der Waals surface area contributed by atoms with Crippen LogP contribution in [0.1, 0.15) is 44.1 Å². The number of carbonyl (C=O) groups is 1. The molecule has 0 N–H and O–H groups in total. The molecule has 1 aliphatic rings. The predicted octanol–water partition coefficient (Wildman–Crippen LogP) is 5.10. The van der Waals surface area contributed by atoms with Gasteiger partial charge in [0.2, 0.25) is 0 Å². The number of esters is 1. The first kappa shape index (κ1) is 16.3. The second-order valence-corrected chi connectivity index (χ2v) is 6.38. The van der Waals surface area contributed by atoms with Crippen molar-refractivity contribution in [3.8, 4) is 22.9 Å². The van der Waals surface area contributed by atoms with E-state index < -0.39 is 0 Å². The maximum atomic E-state index is 11.9. The number of benzene rings is 2. The van der Waals surface area contributed by atoms with E-state index in [1.54, 1.807) is 12.1 Å². The zero-order valence-corrected chi connectivity index (χ0v) is 13.7. The van der Waals surface area contributed by atoms with E-state index in [0.717, 1.165) is 17.5 Å². The molecule has 24 heavy (non-hydrogen) atoms. The first-order valence-electron chi connectivity index (χ1n) is 8.56.